The number of anilines is 1. The highest BCUT2D eigenvalue weighted by atomic mass is 35.5. The van der Waals surface area contributed by atoms with Crippen LogP contribution in [0.4, 0.5) is 5.69 Å². The normalized spacial score (nSPS) is 11.1. The van der Waals surface area contributed by atoms with Gasteiger partial charge in [0.15, 0.2) is 5.16 Å². The van der Waals surface area contributed by atoms with E-state index in [2.05, 4.69) is 35.9 Å². The number of carbonyl (C=O) groups is 1. The minimum Gasteiger partial charge on any atom is -0.325 e. The van der Waals surface area contributed by atoms with E-state index in [0.29, 0.717) is 33.4 Å². The highest BCUT2D eigenvalue weighted by Crippen LogP contribution is 2.26. The number of thioether (sulfide) groups is 2. The predicted octanol–water partition coefficient (Wildman–Crippen LogP) is 7.06. The van der Waals surface area contributed by atoms with Gasteiger partial charge >= 0.3 is 0 Å². The van der Waals surface area contributed by atoms with E-state index in [9.17, 15) is 4.79 Å². The summed E-state index contributed by atoms with van der Waals surface area (Å²) in [7, 11) is 0. The Kier molecular flexibility index (Phi) is 9.74. The Morgan fingerprint density at radius 3 is 2.55 bits per heavy atom. The van der Waals surface area contributed by atoms with Crippen molar-refractivity contribution in [3.63, 3.8) is 0 Å². The van der Waals surface area contributed by atoms with Crippen LogP contribution >= 0.6 is 46.7 Å². The van der Waals surface area contributed by atoms with Gasteiger partial charge in [0, 0.05) is 18.0 Å². The third kappa shape index (κ3) is 7.54. The van der Waals surface area contributed by atoms with Crippen LogP contribution in [-0.2, 0) is 22.8 Å². The Labute approximate surface area is 213 Å². The number of nitrogens with one attached hydrogen (secondary N) is 1. The zero-order valence-corrected chi connectivity index (χ0v) is 21.7. The minimum absolute atomic E-state index is 0.0824. The van der Waals surface area contributed by atoms with Gasteiger partial charge in [-0.2, -0.15) is 0 Å². The number of rotatable bonds is 11. The molecule has 0 radical (unpaired) electrons. The predicted molar refractivity (Wildman–Crippen MR) is 142 cm³/mol. The average molecular weight is 522 g/mol. The Morgan fingerprint density at radius 2 is 1.88 bits per heavy atom. The molecule has 0 aliphatic rings. The molecule has 0 saturated carbocycles. The van der Waals surface area contributed by atoms with Gasteiger partial charge in [0.25, 0.3) is 0 Å². The molecule has 3 rings (SSSR count). The van der Waals surface area contributed by atoms with E-state index in [-0.39, 0.29) is 11.7 Å². The van der Waals surface area contributed by atoms with Gasteiger partial charge in [-0.1, -0.05) is 73.1 Å². The van der Waals surface area contributed by atoms with Crippen molar-refractivity contribution >= 4 is 58.3 Å². The van der Waals surface area contributed by atoms with Crippen molar-refractivity contribution in [3.05, 3.63) is 82.1 Å². The zero-order valence-electron chi connectivity index (χ0n) is 18.6. The molecule has 0 atom stereocenters. The second-order valence-electron chi connectivity index (χ2n) is 7.65. The van der Waals surface area contributed by atoms with Crippen LogP contribution in [0, 0.1) is 0 Å². The van der Waals surface area contributed by atoms with E-state index in [1.54, 1.807) is 23.9 Å². The molecule has 0 aliphatic carbocycles. The fourth-order valence-corrected chi connectivity index (χ4v) is 5.01. The lowest BCUT2D eigenvalue weighted by atomic mass is 10.0. The lowest BCUT2D eigenvalue weighted by Crippen LogP contribution is -2.14. The standard InChI is InChI=1S/C24H26Cl2N4OS2/c1-4-11-30-22(14-32-13-17-5-10-20(25)21(26)12-17)28-29-24(30)33-15-23(31)27-19-8-6-18(7-9-19)16(2)3/h4-10,12,16H,1,11,13-15H2,2-3H3,(H,27,31). The van der Waals surface area contributed by atoms with Gasteiger partial charge in [0.2, 0.25) is 5.91 Å². The summed E-state index contributed by atoms with van der Waals surface area (Å²) in [6.45, 7) is 8.70. The molecular formula is C24H26Cl2N4OS2. The number of halogens is 2. The first kappa shape index (κ1) is 25.7. The molecule has 33 heavy (non-hydrogen) atoms. The van der Waals surface area contributed by atoms with E-state index in [0.717, 1.165) is 22.8 Å². The third-order valence-electron chi connectivity index (χ3n) is 4.78. The van der Waals surface area contributed by atoms with Gasteiger partial charge in [-0.05, 0) is 41.3 Å². The number of carbonyl (C=O) groups excluding carboxylic acids is 1. The summed E-state index contributed by atoms with van der Waals surface area (Å²) >= 11 is 15.2. The first-order chi connectivity index (χ1) is 15.9. The number of nitrogens with zero attached hydrogens (tertiary/aromatic N) is 3. The first-order valence-electron chi connectivity index (χ1n) is 10.4. The Bertz CT molecular complexity index is 1100. The van der Waals surface area contributed by atoms with Crippen LogP contribution in [0.1, 0.15) is 36.7 Å². The van der Waals surface area contributed by atoms with Gasteiger partial charge in [-0.3, -0.25) is 4.79 Å². The largest absolute Gasteiger partial charge is 0.325 e. The van der Waals surface area contributed by atoms with Crippen LogP contribution in [0.25, 0.3) is 0 Å². The fraction of sp³-hybridized carbons (Fsp3) is 0.292. The number of benzene rings is 2. The molecule has 1 heterocycles. The highest BCUT2D eigenvalue weighted by molar-refractivity contribution is 7.99. The number of aromatic nitrogens is 3. The number of hydrogen-bond donors (Lipinski definition) is 1. The van der Waals surface area contributed by atoms with Gasteiger partial charge in [-0.15, -0.1) is 28.5 Å². The molecule has 0 fully saturated rings. The lowest BCUT2D eigenvalue weighted by molar-refractivity contribution is -0.113. The summed E-state index contributed by atoms with van der Waals surface area (Å²) in [5, 5.41) is 13.4. The summed E-state index contributed by atoms with van der Waals surface area (Å²) in [5.74, 6) is 2.91. The maximum absolute atomic E-state index is 12.4. The van der Waals surface area contributed by atoms with Crippen molar-refractivity contribution in [1.29, 1.82) is 0 Å². The zero-order chi connectivity index (χ0) is 23.8. The number of allylic oxidation sites excluding steroid dienone is 1. The van der Waals surface area contributed by atoms with Crippen LogP contribution in [0.2, 0.25) is 10.0 Å². The maximum atomic E-state index is 12.4. The van der Waals surface area contributed by atoms with Crippen molar-refractivity contribution in [2.45, 2.75) is 43.0 Å². The van der Waals surface area contributed by atoms with Gasteiger partial charge in [-0.25, -0.2) is 0 Å². The molecule has 1 N–H and O–H groups in total. The SMILES string of the molecule is C=CCn1c(CSCc2ccc(Cl)c(Cl)c2)nnc1SCC(=O)Nc1ccc(C(C)C)cc1. The van der Waals surface area contributed by atoms with Gasteiger partial charge in [0.1, 0.15) is 5.82 Å². The third-order valence-corrected chi connectivity index (χ3v) is 7.49. The second kappa shape index (κ2) is 12.5. The molecule has 9 heteroatoms. The maximum Gasteiger partial charge on any atom is 0.234 e. The molecule has 0 saturated heterocycles. The number of hydrogen-bond acceptors (Lipinski definition) is 5. The van der Waals surface area contributed by atoms with Crippen LogP contribution in [0.5, 0.6) is 0 Å². The molecule has 0 unspecified atom stereocenters. The molecule has 3 aromatic rings. The van der Waals surface area contributed by atoms with Crippen molar-refractivity contribution < 1.29 is 4.79 Å². The van der Waals surface area contributed by atoms with E-state index < -0.39 is 0 Å². The Morgan fingerprint density at radius 1 is 1.12 bits per heavy atom. The molecule has 0 aliphatic heterocycles. The van der Waals surface area contributed by atoms with E-state index in [4.69, 9.17) is 23.2 Å². The second-order valence-corrected chi connectivity index (χ2v) is 10.4. The monoisotopic (exact) mass is 520 g/mol. The lowest BCUT2D eigenvalue weighted by Gasteiger charge is -2.09. The fourth-order valence-electron chi connectivity index (χ4n) is 3.01. The van der Waals surface area contributed by atoms with E-state index >= 15 is 0 Å². The summed E-state index contributed by atoms with van der Waals surface area (Å²) in [4.78, 5) is 12.4. The molecule has 5 nitrogen and oxygen atoms in total. The van der Waals surface area contributed by atoms with Crippen molar-refractivity contribution in [3.8, 4) is 0 Å². The van der Waals surface area contributed by atoms with Crippen molar-refractivity contribution in [1.82, 2.24) is 14.8 Å². The summed E-state index contributed by atoms with van der Waals surface area (Å²) in [6, 6.07) is 13.6. The molecule has 0 spiro atoms. The minimum atomic E-state index is -0.0824. The molecule has 2 aromatic carbocycles. The molecule has 1 amide bonds. The first-order valence-corrected chi connectivity index (χ1v) is 13.3. The molecular weight excluding hydrogens is 495 g/mol. The topological polar surface area (TPSA) is 59.8 Å². The highest BCUT2D eigenvalue weighted by Gasteiger charge is 2.14. The van der Waals surface area contributed by atoms with Gasteiger partial charge in [0.05, 0.1) is 21.6 Å². The summed E-state index contributed by atoms with van der Waals surface area (Å²) in [5.41, 5.74) is 3.12. The van der Waals surface area contributed by atoms with E-state index in [1.165, 1.54) is 17.3 Å². The van der Waals surface area contributed by atoms with Crippen LogP contribution in [0.3, 0.4) is 0 Å². The Hall–Kier alpha value is -1.93. The molecule has 1 aromatic heterocycles. The van der Waals surface area contributed by atoms with Crippen molar-refractivity contribution in [2.75, 3.05) is 11.1 Å². The van der Waals surface area contributed by atoms with Crippen molar-refractivity contribution in [2.24, 2.45) is 0 Å². The van der Waals surface area contributed by atoms with E-state index in [1.807, 2.05) is 41.0 Å². The van der Waals surface area contributed by atoms with Crippen LogP contribution in [0.15, 0.2) is 60.3 Å². The number of amides is 1. The smallest absolute Gasteiger partial charge is 0.234 e. The quantitative estimate of drug-likeness (QED) is 0.216. The van der Waals surface area contributed by atoms with Crippen LogP contribution < -0.4 is 5.32 Å². The summed E-state index contributed by atoms with van der Waals surface area (Å²) < 4.78 is 1.99. The summed E-state index contributed by atoms with van der Waals surface area (Å²) in [6.07, 6.45) is 1.80. The molecule has 0 bridgehead atoms. The van der Waals surface area contributed by atoms with Crippen LogP contribution in [-0.4, -0.2) is 26.4 Å². The van der Waals surface area contributed by atoms with Gasteiger partial charge < -0.3 is 9.88 Å². The Balaban J connectivity index is 1.55. The molecule has 174 valence electrons. The average Bonchev–Trinajstić information content (AvgIpc) is 3.17.